The van der Waals surface area contributed by atoms with E-state index in [0.717, 1.165) is 12.4 Å². The van der Waals surface area contributed by atoms with Gasteiger partial charge in [0, 0.05) is 5.56 Å². The van der Waals surface area contributed by atoms with E-state index in [4.69, 9.17) is 9.47 Å². The van der Waals surface area contributed by atoms with Crippen molar-refractivity contribution in [2.24, 2.45) is 0 Å². The van der Waals surface area contributed by atoms with Crippen LogP contribution in [0.1, 0.15) is 5.56 Å². The van der Waals surface area contributed by atoms with Crippen molar-refractivity contribution in [1.29, 1.82) is 0 Å². The number of halogens is 3. The van der Waals surface area contributed by atoms with E-state index in [1.165, 1.54) is 32.4 Å². The number of methoxy groups -OCH3 is 2. The number of hydrogen-bond donors (Lipinski definition) is 0. The molecule has 0 N–H and O–H groups in total. The minimum atomic E-state index is -4.50. The minimum absolute atomic E-state index is 0.0218. The average molecular weight is 284 g/mol. The van der Waals surface area contributed by atoms with Crippen LogP contribution in [0.3, 0.4) is 0 Å². The Hall–Kier alpha value is -2.31. The van der Waals surface area contributed by atoms with Crippen LogP contribution < -0.4 is 9.47 Å². The summed E-state index contributed by atoms with van der Waals surface area (Å²) in [6.45, 7) is 0. The summed E-state index contributed by atoms with van der Waals surface area (Å²) in [6, 6.07) is 5.12. The van der Waals surface area contributed by atoms with Gasteiger partial charge in [-0.1, -0.05) is 18.2 Å². The lowest BCUT2D eigenvalue weighted by atomic mass is 10.0. The molecule has 20 heavy (non-hydrogen) atoms. The first kappa shape index (κ1) is 14.1. The third-order valence-electron chi connectivity index (χ3n) is 2.67. The number of nitrogens with zero attached hydrogens (tertiary/aromatic N) is 2. The normalized spacial score (nSPS) is 11.2. The van der Waals surface area contributed by atoms with Gasteiger partial charge in [-0.25, -0.2) is 9.97 Å². The molecule has 1 aromatic heterocycles. The van der Waals surface area contributed by atoms with Crippen LogP contribution in [0.2, 0.25) is 0 Å². The molecule has 106 valence electrons. The number of hydrogen-bond acceptors (Lipinski definition) is 4. The predicted molar refractivity (Wildman–Crippen MR) is 65.6 cm³/mol. The van der Waals surface area contributed by atoms with Crippen LogP contribution in [0, 0.1) is 0 Å². The Morgan fingerprint density at radius 2 is 1.50 bits per heavy atom. The molecule has 0 spiro atoms. The molecular weight excluding hydrogens is 273 g/mol. The molecule has 0 aliphatic rings. The molecule has 1 heterocycles. The quantitative estimate of drug-likeness (QED) is 0.868. The molecule has 0 aliphatic heterocycles. The molecule has 1 aromatic carbocycles. The SMILES string of the molecule is COc1ncnc(OC)c1-c1ccccc1C(F)(F)F. The first-order valence-corrected chi connectivity index (χ1v) is 5.58. The summed E-state index contributed by atoms with van der Waals surface area (Å²) < 4.78 is 49.3. The Morgan fingerprint density at radius 3 is 2.00 bits per heavy atom. The van der Waals surface area contributed by atoms with Crippen LogP contribution >= 0.6 is 0 Å². The second-order valence-electron chi connectivity index (χ2n) is 3.81. The monoisotopic (exact) mass is 284 g/mol. The number of ether oxygens (including phenoxy) is 2. The Kier molecular flexibility index (Phi) is 3.78. The van der Waals surface area contributed by atoms with E-state index >= 15 is 0 Å². The molecule has 0 saturated carbocycles. The second kappa shape index (κ2) is 5.36. The van der Waals surface area contributed by atoms with Gasteiger partial charge in [0.15, 0.2) is 0 Å². The van der Waals surface area contributed by atoms with E-state index in [0.29, 0.717) is 0 Å². The molecule has 4 nitrogen and oxygen atoms in total. The summed E-state index contributed by atoms with van der Waals surface area (Å²) in [5.41, 5.74) is -0.814. The molecule has 0 amide bonds. The highest BCUT2D eigenvalue weighted by atomic mass is 19.4. The topological polar surface area (TPSA) is 44.2 Å². The van der Waals surface area contributed by atoms with Crippen molar-refractivity contribution in [3.8, 4) is 22.9 Å². The number of benzene rings is 1. The molecule has 0 fully saturated rings. The third-order valence-corrected chi connectivity index (χ3v) is 2.67. The van der Waals surface area contributed by atoms with E-state index in [1.807, 2.05) is 0 Å². The maximum atomic E-state index is 13.1. The summed E-state index contributed by atoms with van der Waals surface area (Å²) in [4.78, 5) is 7.65. The van der Waals surface area contributed by atoms with Crippen LogP contribution in [0.4, 0.5) is 13.2 Å². The molecule has 0 unspecified atom stereocenters. The average Bonchev–Trinajstić information content (AvgIpc) is 2.45. The predicted octanol–water partition coefficient (Wildman–Crippen LogP) is 3.18. The van der Waals surface area contributed by atoms with Crippen molar-refractivity contribution < 1.29 is 22.6 Å². The number of aromatic nitrogens is 2. The molecule has 0 radical (unpaired) electrons. The fraction of sp³-hybridized carbons (Fsp3) is 0.231. The number of alkyl halides is 3. The van der Waals surface area contributed by atoms with Crippen molar-refractivity contribution in [2.75, 3.05) is 14.2 Å². The smallest absolute Gasteiger partial charge is 0.417 e. The number of rotatable bonds is 3. The lowest BCUT2D eigenvalue weighted by molar-refractivity contribution is -0.137. The first-order chi connectivity index (χ1) is 9.49. The highest BCUT2D eigenvalue weighted by Gasteiger charge is 2.35. The van der Waals surface area contributed by atoms with Gasteiger partial charge < -0.3 is 9.47 Å². The summed E-state index contributed by atoms with van der Waals surface area (Å²) in [7, 11) is 2.64. The molecule has 0 bridgehead atoms. The van der Waals surface area contributed by atoms with Gasteiger partial charge in [-0.05, 0) is 6.07 Å². The first-order valence-electron chi connectivity index (χ1n) is 5.58. The molecule has 7 heteroatoms. The molecular formula is C13H11F3N2O2. The van der Waals surface area contributed by atoms with Crippen LogP contribution in [-0.2, 0) is 6.18 Å². The molecule has 0 atom stereocenters. The molecule has 2 rings (SSSR count). The van der Waals surface area contributed by atoms with Gasteiger partial charge in [-0.2, -0.15) is 13.2 Å². The Bertz CT molecular complexity index is 593. The zero-order valence-electron chi connectivity index (χ0n) is 10.7. The highest BCUT2D eigenvalue weighted by Crippen LogP contribution is 2.42. The second-order valence-corrected chi connectivity index (χ2v) is 3.81. The molecule has 0 saturated heterocycles. The van der Waals surface area contributed by atoms with E-state index in [1.54, 1.807) is 0 Å². The largest absolute Gasteiger partial charge is 0.480 e. The van der Waals surface area contributed by atoms with Gasteiger partial charge in [-0.3, -0.25) is 0 Å². The Labute approximate surface area is 113 Å². The summed E-state index contributed by atoms with van der Waals surface area (Å²) in [6.07, 6.45) is -3.33. The van der Waals surface area contributed by atoms with Crippen LogP contribution in [0.15, 0.2) is 30.6 Å². The van der Waals surface area contributed by atoms with Crippen LogP contribution in [0.5, 0.6) is 11.8 Å². The minimum Gasteiger partial charge on any atom is -0.480 e. The lowest BCUT2D eigenvalue weighted by Crippen LogP contribution is -2.08. The highest BCUT2D eigenvalue weighted by molar-refractivity contribution is 5.76. The van der Waals surface area contributed by atoms with Gasteiger partial charge in [0.1, 0.15) is 11.9 Å². The van der Waals surface area contributed by atoms with Crippen LogP contribution in [-0.4, -0.2) is 24.2 Å². The van der Waals surface area contributed by atoms with Gasteiger partial charge in [0.25, 0.3) is 0 Å². The van der Waals surface area contributed by atoms with Crippen molar-refractivity contribution in [1.82, 2.24) is 9.97 Å². The lowest BCUT2D eigenvalue weighted by Gasteiger charge is -2.16. The van der Waals surface area contributed by atoms with Gasteiger partial charge in [0.2, 0.25) is 11.8 Å². The summed E-state index contributed by atoms with van der Waals surface area (Å²) in [5.74, 6) is 0.0436. The summed E-state index contributed by atoms with van der Waals surface area (Å²) >= 11 is 0. The van der Waals surface area contributed by atoms with E-state index in [-0.39, 0.29) is 22.9 Å². The van der Waals surface area contributed by atoms with Crippen molar-refractivity contribution in [3.05, 3.63) is 36.2 Å². The van der Waals surface area contributed by atoms with E-state index < -0.39 is 11.7 Å². The van der Waals surface area contributed by atoms with Gasteiger partial charge in [0.05, 0.1) is 19.8 Å². The van der Waals surface area contributed by atoms with Crippen molar-refractivity contribution in [2.45, 2.75) is 6.18 Å². The van der Waals surface area contributed by atoms with Crippen LogP contribution in [0.25, 0.3) is 11.1 Å². The Morgan fingerprint density at radius 1 is 0.950 bits per heavy atom. The van der Waals surface area contributed by atoms with E-state index in [9.17, 15) is 13.2 Å². The Balaban J connectivity index is 2.75. The van der Waals surface area contributed by atoms with Crippen molar-refractivity contribution >= 4 is 0 Å². The third kappa shape index (κ3) is 2.52. The molecule has 2 aromatic rings. The fourth-order valence-electron chi connectivity index (χ4n) is 1.84. The fourth-order valence-corrected chi connectivity index (χ4v) is 1.84. The standard InChI is InChI=1S/C13H11F3N2O2/c1-19-11-10(12(20-2)18-7-17-11)8-5-3-4-6-9(8)13(14,15)16/h3-7H,1-2H3. The zero-order valence-corrected chi connectivity index (χ0v) is 10.7. The molecule has 0 aliphatic carbocycles. The maximum Gasteiger partial charge on any atom is 0.417 e. The van der Waals surface area contributed by atoms with E-state index in [2.05, 4.69) is 9.97 Å². The van der Waals surface area contributed by atoms with Crippen molar-refractivity contribution in [3.63, 3.8) is 0 Å². The summed E-state index contributed by atoms with van der Waals surface area (Å²) in [5, 5.41) is 0. The zero-order chi connectivity index (χ0) is 14.8. The maximum absolute atomic E-state index is 13.1. The van der Waals surface area contributed by atoms with Gasteiger partial charge in [-0.15, -0.1) is 0 Å². The van der Waals surface area contributed by atoms with Gasteiger partial charge >= 0.3 is 6.18 Å².